The van der Waals surface area contributed by atoms with Crippen molar-refractivity contribution >= 4 is 23.4 Å². The molecule has 2 atom stereocenters. The lowest BCUT2D eigenvalue weighted by molar-refractivity contribution is -0.147. The molecular weight excluding hydrogens is 240 g/mol. The van der Waals surface area contributed by atoms with Gasteiger partial charge in [-0.2, -0.15) is 0 Å². The summed E-state index contributed by atoms with van der Waals surface area (Å²) in [6, 6.07) is 7.42. The molecule has 0 spiro atoms. The number of Topliss-reactive ketones (excluding diaryl/α,β-unsaturated/α-hetero) is 1. The molecule has 0 amide bonds. The molecule has 4 heteroatoms. The Morgan fingerprint density at radius 1 is 1.35 bits per heavy atom. The largest absolute Gasteiger partial charge is 0.481 e. The molecule has 0 aromatic heterocycles. The third-order valence-corrected chi connectivity index (χ3v) is 3.64. The minimum atomic E-state index is -1.02. The van der Waals surface area contributed by atoms with Gasteiger partial charge in [0.15, 0.2) is 0 Å². The van der Waals surface area contributed by atoms with E-state index in [1.165, 1.54) is 0 Å². The van der Waals surface area contributed by atoms with E-state index in [2.05, 4.69) is 0 Å². The number of hydrogen-bond acceptors (Lipinski definition) is 2. The van der Waals surface area contributed by atoms with Crippen LogP contribution in [0.25, 0.3) is 0 Å². The van der Waals surface area contributed by atoms with Gasteiger partial charge in [0.1, 0.15) is 11.7 Å². The summed E-state index contributed by atoms with van der Waals surface area (Å²) in [5.41, 5.74) is 0.952. The van der Waals surface area contributed by atoms with Crippen LogP contribution in [0.15, 0.2) is 24.3 Å². The Labute approximate surface area is 104 Å². The number of halogens is 1. The van der Waals surface area contributed by atoms with Crippen LogP contribution < -0.4 is 0 Å². The highest BCUT2D eigenvalue weighted by atomic mass is 35.5. The van der Waals surface area contributed by atoms with Crippen LogP contribution in [0.1, 0.15) is 30.7 Å². The average molecular weight is 253 g/mol. The highest BCUT2D eigenvalue weighted by Crippen LogP contribution is 2.37. The molecule has 1 fully saturated rings. The Hall–Kier alpha value is -1.35. The van der Waals surface area contributed by atoms with Crippen LogP contribution in [0.4, 0.5) is 0 Å². The third kappa shape index (κ3) is 2.50. The lowest BCUT2D eigenvalue weighted by Gasteiger charge is -2.26. The maximum absolute atomic E-state index is 11.5. The van der Waals surface area contributed by atoms with Crippen molar-refractivity contribution in [3.63, 3.8) is 0 Å². The number of rotatable bonds is 2. The summed E-state index contributed by atoms with van der Waals surface area (Å²) in [6.45, 7) is 0. The Kier molecular flexibility index (Phi) is 3.48. The quantitative estimate of drug-likeness (QED) is 0.824. The maximum atomic E-state index is 11.5. The van der Waals surface area contributed by atoms with E-state index >= 15 is 0 Å². The summed E-state index contributed by atoms with van der Waals surface area (Å²) in [4.78, 5) is 22.5. The van der Waals surface area contributed by atoms with Gasteiger partial charge in [0, 0.05) is 11.4 Å². The zero-order valence-electron chi connectivity index (χ0n) is 9.23. The molecule has 2 rings (SSSR count). The first kappa shape index (κ1) is 12.1. The van der Waals surface area contributed by atoms with Gasteiger partial charge in [0.25, 0.3) is 0 Å². The van der Waals surface area contributed by atoms with Crippen LogP contribution >= 0.6 is 11.6 Å². The molecule has 0 heterocycles. The zero-order chi connectivity index (χ0) is 12.4. The molecule has 2 unspecified atom stereocenters. The van der Waals surface area contributed by atoms with Crippen molar-refractivity contribution in [3.05, 3.63) is 34.9 Å². The summed E-state index contributed by atoms with van der Waals surface area (Å²) < 4.78 is 0. The summed E-state index contributed by atoms with van der Waals surface area (Å²) in [5, 5.41) is 9.64. The predicted molar refractivity (Wildman–Crippen MR) is 64.2 cm³/mol. The van der Waals surface area contributed by atoms with Gasteiger partial charge in [0.2, 0.25) is 0 Å². The van der Waals surface area contributed by atoms with E-state index in [-0.39, 0.29) is 11.7 Å². The van der Waals surface area contributed by atoms with Crippen LogP contribution in [0.3, 0.4) is 0 Å². The fourth-order valence-electron chi connectivity index (χ4n) is 2.35. The Balaban J connectivity index is 2.22. The number of carbonyl (C=O) groups is 2. The number of benzene rings is 1. The highest BCUT2D eigenvalue weighted by Gasteiger charge is 2.34. The SMILES string of the molecule is O=C(O)C1CC(c2ccccc2Cl)CCC1=O. The first-order chi connectivity index (χ1) is 8.09. The van der Waals surface area contributed by atoms with Gasteiger partial charge in [-0.25, -0.2) is 0 Å². The van der Waals surface area contributed by atoms with E-state index < -0.39 is 11.9 Å². The normalized spacial score (nSPS) is 24.6. The molecule has 17 heavy (non-hydrogen) atoms. The number of carboxylic acid groups (broad SMARTS) is 1. The van der Waals surface area contributed by atoms with Crippen LogP contribution in [-0.2, 0) is 9.59 Å². The van der Waals surface area contributed by atoms with Gasteiger partial charge >= 0.3 is 5.97 Å². The number of ketones is 1. The van der Waals surface area contributed by atoms with Gasteiger partial charge in [0.05, 0.1) is 0 Å². The van der Waals surface area contributed by atoms with Gasteiger partial charge in [-0.3, -0.25) is 9.59 Å². The molecule has 1 aromatic carbocycles. The summed E-state index contributed by atoms with van der Waals surface area (Å²) in [7, 11) is 0. The molecular formula is C13H13ClO3. The van der Waals surface area contributed by atoms with E-state index in [4.69, 9.17) is 16.7 Å². The minimum absolute atomic E-state index is 0.0718. The van der Waals surface area contributed by atoms with Crippen LogP contribution in [0, 0.1) is 5.92 Å². The van der Waals surface area contributed by atoms with Crippen LogP contribution in [0.5, 0.6) is 0 Å². The van der Waals surface area contributed by atoms with Crippen LogP contribution in [-0.4, -0.2) is 16.9 Å². The molecule has 3 nitrogen and oxygen atoms in total. The van der Waals surface area contributed by atoms with Gasteiger partial charge in [-0.1, -0.05) is 29.8 Å². The molecule has 1 aliphatic rings. The first-order valence-electron chi connectivity index (χ1n) is 5.59. The van der Waals surface area contributed by atoms with Crippen molar-refractivity contribution < 1.29 is 14.7 Å². The second-order valence-corrected chi connectivity index (χ2v) is 4.76. The topological polar surface area (TPSA) is 54.4 Å². The van der Waals surface area contributed by atoms with Crippen molar-refractivity contribution in [1.82, 2.24) is 0 Å². The number of carboxylic acids is 1. The molecule has 0 aliphatic heterocycles. The average Bonchev–Trinajstić information content (AvgIpc) is 2.30. The fourth-order valence-corrected chi connectivity index (χ4v) is 2.64. The molecule has 0 bridgehead atoms. The van der Waals surface area contributed by atoms with E-state index in [9.17, 15) is 9.59 Å². The Bertz CT molecular complexity index is 456. The third-order valence-electron chi connectivity index (χ3n) is 3.29. The van der Waals surface area contributed by atoms with Crippen molar-refractivity contribution in [2.75, 3.05) is 0 Å². The Morgan fingerprint density at radius 3 is 2.71 bits per heavy atom. The van der Waals surface area contributed by atoms with Crippen molar-refractivity contribution in [3.8, 4) is 0 Å². The molecule has 0 saturated heterocycles. The molecule has 1 saturated carbocycles. The smallest absolute Gasteiger partial charge is 0.314 e. The maximum Gasteiger partial charge on any atom is 0.314 e. The van der Waals surface area contributed by atoms with Gasteiger partial charge < -0.3 is 5.11 Å². The Morgan fingerprint density at radius 2 is 2.06 bits per heavy atom. The van der Waals surface area contributed by atoms with E-state index in [1.54, 1.807) is 6.07 Å². The number of aliphatic carboxylic acids is 1. The van der Waals surface area contributed by atoms with Crippen molar-refractivity contribution in [2.45, 2.75) is 25.2 Å². The van der Waals surface area contributed by atoms with Gasteiger partial charge in [-0.15, -0.1) is 0 Å². The number of hydrogen-bond donors (Lipinski definition) is 1. The highest BCUT2D eigenvalue weighted by molar-refractivity contribution is 6.31. The van der Waals surface area contributed by atoms with Gasteiger partial charge in [-0.05, 0) is 30.4 Å². The predicted octanol–water partition coefficient (Wildman–Crippen LogP) is 2.88. The zero-order valence-corrected chi connectivity index (χ0v) is 9.98. The summed E-state index contributed by atoms with van der Waals surface area (Å²) in [6.07, 6.45) is 1.37. The first-order valence-corrected chi connectivity index (χ1v) is 5.97. The van der Waals surface area contributed by atoms with Crippen LogP contribution in [0.2, 0.25) is 5.02 Å². The van der Waals surface area contributed by atoms with E-state index in [1.807, 2.05) is 18.2 Å². The van der Waals surface area contributed by atoms with Crippen molar-refractivity contribution in [1.29, 1.82) is 0 Å². The minimum Gasteiger partial charge on any atom is -0.481 e. The van der Waals surface area contributed by atoms with E-state index in [0.29, 0.717) is 24.3 Å². The second kappa shape index (κ2) is 4.88. The monoisotopic (exact) mass is 252 g/mol. The molecule has 0 radical (unpaired) electrons. The van der Waals surface area contributed by atoms with E-state index in [0.717, 1.165) is 5.56 Å². The summed E-state index contributed by atoms with van der Waals surface area (Å²) >= 11 is 6.09. The molecule has 1 N–H and O–H groups in total. The van der Waals surface area contributed by atoms with Crippen molar-refractivity contribution in [2.24, 2.45) is 5.92 Å². The number of carbonyl (C=O) groups excluding carboxylic acids is 1. The molecule has 1 aromatic rings. The molecule has 1 aliphatic carbocycles. The second-order valence-electron chi connectivity index (χ2n) is 4.35. The molecule has 90 valence electrons. The standard InChI is InChI=1S/C13H13ClO3/c14-11-4-2-1-3-9(11)8-5-6-12(15)10(7-8)13(16)17/h1-4,8,10H,5-7H2,(H,16,17). The summed E-state index contributed by atoms with van der Waals surface area (Å²) in [5.74, 6) is -1.99. The lowest BCUT2D eigenvalue weighted by Crippen LogP contribution is -2.30. The lowest BCUT2D eigenvalue weighted by atomic mass is 9.77. The fraction of sp³-hybridized carbons (Fsp3) is 0.385.